The molecule has 63 heavy (non-hydrogen) atoms. The Morgan fingerprint density at radius 1 is 1.21 bits per heavy atom. The number of amides is 4. The van der Waals surface area contributed by atoms with E-state index in [-0.39, 0.29) is 51.6 Å². The lowest BCUT2D eigenvalue weighted by atomic mass is 9.84. The number of thiazole rings is 1. The number of likely N-dealkylation sites (N-methyl/N-ethyl adjacent to an activating group) is 1. The van der Waals surface area contributed by atoms with Crippen molar-refractivity contribution in [1.29, 1.82) is 0 Å². The Morgan fingerprint density at radius 3 is 2.65 bits per heavy atom. The van der Waals surface area contributed by atoms with Crippen molar-refractivity contribution in [2.45, 2.75) is 110 Å². The van der Waals surface area contributed by atoms with Crippen molar-refractivity contribution < 1.29 is 38.1 Å². The molecule has 0 spiro atoms. The van der Waals surface area contributed by atoms with Crippen LogP contribution < -0.4 is 16.5 Å². The highest BCUT2D eigenvalue weighted by molar-refractivity contribution is 7.10. The molecule has 0 radical (unpaired) electrons. The Hall–Kier alpha value is -5.01. The number of methoxy groups -OCH3 is 1. The molecule has 5 N–H and O–H groups in total. The van der Waals surface area contributed by atoms with E-state index in [1.54, 1.807) is 27.2 Å². The maximum atomic E-state index is 14.5. The van der Waals surface area contributed by atoms with Crippen molar-refractivity contribution in [1.82, 2.24) is 40.1 Å². The molecular formula is C45H60FN9O7S. The van der Waals surface area contributed by atoms with Gasteiger partial charge in [0.25, 0.3) is 5.91 Å². The number of aliphatic hydroxyl groups is 1. The number of likely N-dealkylation sites (tertiary alicyclic amines) is 1. The third-order valence-electron chi connectivity index (χ3n) is 12.4. The third kappa shape index (κ3) is 9.18. The monoisotopic (exact) mass is 889 g/mol. The number of hydrogen-bond donors (Lipinski definition) is 4. The highest BCUT2D eigenvalue weighted by Crippen LogP contribution is 2.42. The molecule has 2 saturated heterocycles. The predicted octanol–water partition coefficient (Wildman–Crippen LogP) is 4.58. The Morgan fingerprint density at radius 2 is 1.97 bits per heavy atom. The second kappa shape index (κ2) is 18.2. The van der Waals surface area contributed by atoms with Crippen LogP contribution in [-0.4, -0.2) is 129 Å². The van der Waals surface area contributed by atoms with E-state index in [4.69, 9.17) is 25.2 Å². The quantitative estimate of drug-likeness (QED) is 0.181. The molecule has 2 fully saturated rings. The van der Waals surface area contributed by atoms with Gasteiger partial charge in [-0.25, -0.2) is 19.0 Å². The number of nitrogens with one attached hydrogen (secondary N) is 2. The summed E-state index contributed by atoms with van der Waals surface area (Å²) in [6.45, 7) is 12.2. The fraction of sp³-hybridized carbons (Fsp3) is 0.556. The van der Waals surface area contributed by atoms with Gasteiger partial charge in [0.05, 0.1) is 47.4 Å². The van der Waals surface area contributed by atoms with E-state index in [1.165, 1.54) is 28.2 Å². The number of cyclic esters (lactones) is 1. The number of ether oxygens (including phenoxy) is 2. The number of nitrogens with zero attached hydrogens (tertiary/aromatic N) is 6. The summed E-state index contributed by atoms with van der Waals surface area (Å²) in [4.78, 5) is 68.6. The predicted molar refractivity (Wildman–Crippen MR) is 237 cm³/mol. The molecule has 0 saturated carbocycles. The number of nitrogens with two attached hydrogens (primary N) is 1. The van der Waals surface area contributed by atoms with E-state index in [0.717, 1.165) is 44.0 Å². The number of esters is 1. The summed E-state index contributed by atoms with van der Waals surface area (Å²) >= 11 is 1.34. The SMILES string of the molecule is CCn1c(-c2cccnc2[C@H](C)OC)c2c3cc(ccc31)-c1csc(n1)C[C@H](NC(=O)[C@H](C(C)C)N(C)C(=O)N1C[C@H](N)[C@@H](F)C1)C(=O)N1CCC[C@@](O)(N1)C(=O)OCC(C)(C)C2. The minimum Gasteiger partial charge on any atom is -0.462 e. The number of aryl methyl sites for hydroxylation is 1. The van der Waals surface area contributed by atoms with Gasteiger partial charge in [0.15, 0.2) is 0 Å². The number of alkyl halides is 1. The summed E-state index contributed by atoms with van der Waals surface area (Å²) in [5, 5.41) is 19.3. The van der Waals surface area contributed by atoms with Crippen LogP contribution >= 0.6 is 11.3 Å². The van der Waals surface area contributed by atoms with Gasteiger partial charge in [-0.1, -0.05) is 33.8 Å². The number of rotatable bonds is 8. The van der Waals surface area contributed by atoms with Crippen molar-refractivity contribution in [3.05, 3.63) is 58.2 Å². The van der Waals surface area contributed by atoms with Crippen LogP contribution in [0.2, 0.25) is 0 Å². The number of hydrazine groups is 1. The molecule has 6 atom stereocenters. The molecule has 4 aromatic rings. The van der Waals surface area contributed by atoms with Gasteiger partial charge in [-0.15, -0.1) is 11.3 Å². The summed E-state index contributed by atoms with van der Waals surface area (Å²) in [5.74, 6) is -2.58. The first-order valence-corrected chi connectivity index (χ1v) is 22.5. The minimum absolute atomic E-state index is 0.00663. The zero-order valence-electron chi connectivity index (χ0n) is 37.3. The summed E-state index contributed by atoms with van der Waals surface area (Å²) < 4.78 is 28.3. The van der Waals surface area contributed by atoms with Crippen LogP contribution in [0.5, 0.6) is 0 Å². The Bertz CT molecular complexity index is 2360. The Labute approximate surface area is 371 Å². The molecule has 18 heteroatoms. The van der Waals surface area contributed by atoms with Crippen LogP contribution in [-0.2, 0) is 43.2 Å². The van der Waals surface area contributed by atoms with E-state index in [2.05, 4.69) is 40.4 Å². The number of carbonyl (C=O) groups excluding carboxylic acids is 4. The zero-order chi connectivity index (χ0) is 45.5. The van der Waals surface area contributed by atoms with Gasteiger partial charge in [-0.05, 0) is 62.4 Å². The summed E-state index contributed by atoms with van der Waals surface area (Å²) in [5.41, 5.74) is 12.0. The van der Waals surface area contributed by atoms with Gasteiger partial charge in [0, 0.05) is 85.7 Å². The van der Waals surface area contributed by atoms with Crippen LogP contribution in [0.25, 0.3) is 33.4 Å². The van der Waals surface area contributed by atoms with Crippen molar-refractivity contribution in [2.75, 3.05) is 40.4 Å². The van der Waals surface area contributed by atoms with Crippen LogP contribution in [0.4, 0.5) is 9.18 Å². The third-order valence-corrected chi connectivity index (χ3v) is 13.3. The fourth-order valence-electron chi connectivity index (χ4n) is 9.07. The van der Waals surface area contributed by atoms with Crippen molar-refractivity contribution in [3.63, 3.8) is 0 Å². The highest BCUT2D eigenvalue weighted by Gasteiger charge is 2.46. The van der Waals surface area contributed by atoms with Crippen molar-refractivity contribution >= 4 is 46.1 Å². The first-order valence-electron chi connectivity index (χ1n) is 21.6. The highest BCUT2D eigenvalue weighted by atomic mass is 32.1. The summed E-state index contributed by atoms with van der Waals surface area (Å²) in [6, 6.07) is 6.51. The first-order chi connectivity index (χ1) is 29.9. The van der Waals surface area contributed by atoms with Gasteiger partial charge < -0.3 is 40.0 Å². The first kappa shape index (κ1) is 46.0. The van der Waals surface area contributed by atoms with E-state index in [0.29, 0.717) is 23.7 Å². The standard InChI is InChI=1S/C45H60FN9O7S/c1-9-54-35-14-13-27-18-29(35)30(39(54)28-12-10-16-48-37(28)26(4)61-8)20-44(5,6)24-62-42(58)45(60)15-11-17-55(51-45)41(57)33(19-36-49-34(27)23-63-36)50-40(56)38(25(2)3)52(7)43(59)53-21-31(46)32(47)22-53/h10,12-14,16,18,23,25-26,31-33,38,51,60H,9,11,15,17,19-22,24,47H2,1-8H3,(H,50,56)/t26-,31-,32-,33-,38-,45-/m0/s1. The van der Waals surface area contributed by atoms with Crippen LogP contribution in [0.3, 0.4) is 0 Å². The summed E-state index contributed by atoms with van der Waals surface area (Å²) in [7, 11) is 3.13. The maximum Gasteiger partial charge on any atom is 0.355 e. The van der Waals surface area contributed by atoms with E-state index in [1.807, 2.05) is 38.3 Å². The molecule has 16 nitrogen and oxygen atoms in total. The molecule has 4 amide bonds. The number of pyridine rings is 1. The number of fused-ring (bicyclic) bond motifs is 6. The lowest BCUT2D eigenvalue weighted by Crippen LogP contribution is -2.67. The van der Waals surface area contributed by atoms with Gasteiger partial charge in [0.2, 0.25) is 11.6 Å². The van der Waals surface area contributed by atoms with Gasteiger partial charge in [-0.3, -0.25) is 19.6 Å². The van der Waals surface area contributed by atoms with E-state index >= 15 is 0 Å². The normalized spacial score (nSPS) is 24.0. The van der Waals surface area contributed by atoms with Gasteiger partial charge >= 0.3 is 12.0 Å². The molecular weight excluding hydrogens is 830 g/mol. The Balaban J connectivity index is 1.31. The van der Waals surface area contributed by atoms with Crippen LogP contribution in [0.15, 0.2) is 41.9 Å². The van der Waals surface area contributed by atoms with Gasteiger partial charge in [0.1, 0.15) is 18.3 Å². The second-order valence-electron chi connectivity index (χ2n) is 18.2. The molecule has 3 aliphatic heterocycles. The van der Waals surface area contributed by atoms with Crippen LogP contribution in [0, 0.1) is 11.3 Å². The molecule has 0 unspecified atom stereocenters. The second-order valence-corrected chi connectivity index (χ2v) is 19.1. The number of aromatic nitrogens is 3. The lowest BCUT2D eigenvalue weighted by Gasteiger charge is -2.40. The molecule has 340 valence electrons. The zero-order valence-corrected chi connectivity index (χ0v) is 38.1. The maximum absolute atomic E-state index is 14.5. The molecule has 7 rings (SSSR count). The fourth-order valence-corrected chi connectivity index (χ4v) is 9.92. The largest absolute Gasteiger partial charge is 0.462 e. The van der Waals surface area contributed by atoms with Gasteiger partial charge in [-0.2, -0.15) is 5.43 Å². The number of carbonyl (C=O) groups is 4. The molecule has 1 aromatic carbocycles. The average Bonchev–Trinajstić information content (AvgIpc) is 3.95. The molecule has 0 aliphatic carbocycles. The van der Waals surface area contributed by atoms with Crippen LogP contribution in [0.1, 0.15) is 76.8 Å². The number of benzene rings is 1. The number of hydrogen-bond acceptors (Lipinski definition) is 12. The Kier molecular flexibility index (Phi) is 13.3. The smallest absolute Gasteiger partial charge is 0.355 e. The molecule has 3 aliphatic rings. The topological polar surface area (TPSA) is 197 Å². The summed E-state index contributed by atoms with van der Waals surface area (Å²) in [6.07, 6.45) is 0.755. The number of halogens is 1. The van der Waals surface area contributed by atoms with E-state index < -0.39 is 65.2 Å². The minimum atomic E-state index is -2.24. The van der Waals surface area contributed by atoms with E-state index in [9.17, 15) is 28.7 Å². The van der Waals surface area contributed by atoms with Crippen molar-refractivity contribution in [2.24, 2.45) is 17.1 Å². The molecule has 3 aromatic heterocycles. The molecule has 6 bridgehead atoms. The molecule has 6 heterocycles. The number of urea groups is 1. The average molecular weight is 890 g/mol. The van der Waals surface area contributed by atoms with Crippen molar-refractivity contribution in [3.8, 4) is 22.5 Å². The lowest BCUT2D eigenvalue weighted by molar-refractivity contribution is -0.189.